The maximum atomic E-state index is 9.82. The van der Waals surface area contributed by atoms with Gasteiger partial charge in [0.2, 0.25) is 0 Å². The molecule has 3 unspecified atom stereocenters. The van der Waals surface area contributed by atoms with E-state index in [1.807, 2.05) is 0 Å². The van der Waals surface area contributed by atoms with Gasteiger partial charge in [-0.25, -0.2) is 0 Å². The van der Waals surface area contributed by atoms with Crippen molar-refractivity contribution >= 4 is 0 Å². The first-order chi connectivity index (χ1) is 6.91. The molecule has 1 saturated carbocycles. The molecule has 0 aromatic rings. The van der Waals surface area contributed by atoms with E-state index in [2.05, 4.69) is 33.0 Å². The summed E-state index contributed by atoms with van der Waals surface area (Å²) in [5.74, 6) is 0.645. The normalized spacial score (nSPS) is 30.2. The number of hydrogen-bond acceptors (Lipinski definition) is 2. The van der Waals surface area contributed by atoms with E-state index in [9.17, 15) is 5.11 Å². The fraction of sp³-hybridized carbons (Fsp3) is 1.00. The van der Waals surface area contributed by atoms with Gasteiger partial charge in [0.15, 0.2) is 0 Å². The molecule has 15 heavy (non-hydrogen) atoms. The number of aliphatic hydroxyl groups is 1. The number of rotatable bonds is 3. The summed E-state index contributed by atoms with van der Waals surface area (Å²) in [5.41, 5.74) is 0.354. The SMILES string of the molecule is CC(CNC1CCCCC1O)C(C)(C)C. The van der Waals surface area contributed by atoms with Gasteiger partial charge in [0.05, 0.1) is 6.10 Å². The summed E-state index contributed by atoms with van der Waals surface area (Å²) in [6.07, 6.45) is 4.44. The molecule has 1 aliphatic carbocycles. The molecule has 1 aliphatic rings. The maximum Gasteiger partial charge on any atom is 0.0693 e. The van der Waals surface area contributed by atoms with E-state index < -0.39 is 0 Å². The third-order valence-corrected chi connectivity index (χ3v) is 3.89. The lowest BCUT2D eigenvalue weighted by Gasteiger charge is -2.33. The Hall–Kier alpha value is -0.0800. The summed E-state index contributed by atoms with van der Waals surface area (Å²) >= 11 is 0. The molecule has 0 heterocycles. The topological polar surface area (TPSA) is 32.3 Å². The van der Waals surface area contributed by atoms with Crippen LogP contribution in [0.1, 0.15) is 53.4 Å². The van der Waals surface area contributed by atoms with Crippen molar-refractivity contribution in [2.75, 3.05) is 6.54 Å². The van der Waals surface area contributed by atoms with Crippen molar-refractivity contribution in [3.8, 4) is 0 Å². The minimum atomic E-state index is -0.120. The molecule has 0 aromatic carbocycles. The van der Waals surface area contributed by atoms with E-state index in [-0.39, 0.29) is 6.10 Å². The molecule has 1 fully saturated rings. The van der Waals surface area contributed by atoms with Crippen LogP contribution in [-0.4, -0.2) is 23.8 Å². The average molecular weight is 213 g/mol. The molecule has 2 heteroatoms. The molecule has 0 bridgehead atoms. The van der Waals surface area contributed by atoms with Gasteiger partial charge in [0.25, 0.3) is 0 Å². The molecular formula is C13H27NO. The Balaban J connectivity index is 2.29. The number of aliphatic hydroxyl groups excluding tert-OH is 1. The molecule has 0 aliphatic heterocycles. The predicted molar refractivity (Wildman–Crippen MR) is 64.9 cm³/mol. The summed E-state index contributed by atoms with van der Waals surface area (Å²) < 4.78 is 0. The first-order valence-corrected chi connectivity index (χ1v) is 6.32. The number of nitrogens with one attached hydrogen (secondary N) is 1. The van der Waals surface area contributed by atoms with Gasteiger partial charge in [-0.1, -0.05) is 40.5 Å². The molecular weight excluding hydrogens is 186 g/mol. The lowest BCUT2D eigenvalue weighted by molar-refractivity contribution is 0.0851. The highest BCUT2D eigenvalue weighted by molar-refractivity contribution is 4.82. The van der Waals surface area contributed by atoms with Gasteiger partial charge < -0.3 is 10.4 Å². The van der Waals surface area contributed by atoms with E-state index in [4.69, 9.17) is 0 Å². The fourth-order valence-corrected chi connectivity index (χ4v) is 1.98. The summed E-state index contributed by atoms with van der Waals surface area (Å²) in [5, 5.41) is 13.3. The van der Waals surface area contributed by atoms with Crippen LogP contribution in [0, 0.1) is 11.3 Å². The Morgan fingerprint density at radius 1 is 1.27 bits per heavy atom. The van der Waals surface area contributed by atoms with Gasteiger partial charge >= 0.3 is 0 Å². The Bertz CT molecular complexity index is 185. The van der Waals surface area contributed by atoms with Crippen LogP contribution in [0.5, 0.6) is 0 Å². The van der Waals surface area contributed by atoms with Gasteiger partial charge in [-0.15, -0.1) is 0 Å². The van der Waals surface area contributed by atoms with Gasteiger partial charge in [0.1, 0.15) is 0 Å². The Morgan fingerprint density at radius 3 is 2.40 bits per heavy atom. The predicted octanol–water partition coefficient (Wildman–Crippen LogP) is 2.56. The Morgan fingerprint density at radius 2 is 1.87 bits per heavy atom. The van der Waals surface area contributed by atoms with Crippen molar-refractivity contribution in [3.05, 3.63) is 0 Å². The first-order valence-electron chi connectivity index (χ1n) is 6.32. The Labute approximate surface area is 94.5 Å². The zero-order valence-electron chi connectivity index (χ0n) is 10.7. The molecule has 0 amide bonds. The lowest BCUT2D eigenvalue weighted by Crippen LogP contribution is -2.45. The zero-order chi connectivity index (χ0) is 11.5. The van der Waals surface area contributed by atoms with Gasteiger partial charge in [-0.3, -0.25) is 0 Å². The van der Waals surface area contributed by atoms with Gasteiger partial charge in [-0.2, -0.15) is 0 Å². The fourth-order valence-electron chi connectivity index (χ4n) is 1.98. The van der Waals surface area contributed by atoms with Crippen LogP contribution >= 0.6 is 0 Å². The van der Waals surface area contributed by atoms with Crippen LogP contribution in [0.4, 0.5) is 0 Å². The molecule has 0 radical (unpaired) electrons. The van der Waals surface area contributed by atoms with Gasteiger partial charge in [0, 0.05) is 6.04 Å². The lowest BCUT2D eigenvalue weighted by atomic mass is 9.81. The Kier molecular flexibility index (Phi) is 4.60. The molecule has 3 atom stereocenters. The van der Waals surface area contributed by atoms with E-state index in [1.54, 1.807) is 0 Å². The largest absolute Gasteiger partial charge is 0.392 e. The first kappa shape index (κ1) is 13.0. The van der Waals surface area contributed by atoms with Crippen molar-refractivity contribution in [1.82, 2.24) is 5.32 Å². The van der Waals surface area contributed by atoms with Crippen LogP contribution < -0.4 is 5.32 Å². The summed E-state index contributed by atoms with van der Waals surface area (Å²) in [6, 6.07) is 0.337. The highest BCUT2D eigenvalue weighted by atomic mass is 16.3. The monoisotopic (exact) mass is 213 g/mol. The van der Waals surface area contributed by atoms with Crippen molar-refractivity contribution in [2.24, 2.45) is 11.3 Å². The average Bonchev–Trinajstić information content (AvgIpc) is 2.14. The summed E-state index contributed by atoms with van der Waals surface area (Å²) in [7, 11) is 0. The summed E-state index contributed by atoms with van der Waals surface area (Å²) in [6.45, 7) is 10.1. The van der Waals surface area contributed by atoms with Crippen molar-refractivity contribution in [2.45, 2.75) is 65.5 Å². The second kappa shape index (κ2) is 5.31. The maximum absolute atomic E-state index is 9.82. The highest BCUT2D eigenvalue weighted by Gasteiger charge is 2.25. The van der Waals surface area contributed by atoms with E-state index >= 15 is 0 Å². The van der Waals surface area contributed by atoms with Crippen LogP contribution in [0.2, 0.25) is 0 Å². The molecule has 0 spiro atoms. The number of hydrogen-bond donors (Lipinski definition) is 2. The molecule has 90 valence electrons. The van der Waals surface area contributed by atoms with Crippen molar-refractivity contribution in [1.29, 1.82) is 0 Å². The second-order valence-electron chi connectivity index (χ2n) is 6.13. The zero-order valence-corrected chi connectivity index (χ0v) is 10.7. The van der Waals surface area contributed by atoms with E-state index in [0.29, 0.717) is 17.4 Å². The molecule has 1 rings (SSSR count). The van der Waals surface area contributed by atoms with Crippen LogP contribution in [0.25, 0.3) is 0 Å². The van der Waals surface area contributed by atoms with Crippen molar-refractivity contribution < 1.29 is 5.11 Å². The van der Waals surface area contributed by atoms with E-state index in [1.165, 1.54) is 12.8 Å². The molecule has 2 nitrogen and oxygen atoms in total. The summed E-state index contributed by atoms with van der Waals surface area (Å²) in [4.78, 5) is 0. The molecule has 2 N–H and O–H groups in total. The van der Waals surface area contributed by atoms with Crippen LogP contribution in [0.15, 0.2) is 0 Å². The second-order valence-corrected chi connectivity index (χ2v) is 6.13. The third-order valence-electron chi connectivity index (χ3n) is 3.89. The minimum Gasteiger partial charge on any atom is -0.392 e. The molecule has 0 aromatic heterocycles. The minimum absolute atomic E-state index is 0.120. The third kappa shape index (κ3) is 4.12. The van der Waals surface area contributed by atoms with Gasteiger partial charge in [-0.05, 0) is 30.7 Å². The van der Waals surface area contributed by atoms with Crippen molar-refractivity contribution in [3.63, 3.8) is 0 Å². The quantitative estimate of drug-likeness (QED) is 0.755. The smallest absolute Gasteiger partial charge is 0.0693 e. The van der Waals surface area contributed by atoms with Crippen LogP contribution in [-0.2, 0) is 0 Å². The standard InChI is InChI=1S/C13H27NO/c1-10(13(2,3)4)9-14-11-7-5-6-8-12(11)15/h10-12,14-15H,5-9H2,1-4H3. The van der Waals surface area contributed by atoms with Crippen LogP contribution in [0.3, 0.4) is 0 Å². The van der Waals surface area contributed by atoms with E-state index in [0.717, 1.165) is 19.4 Å². The highest BCUT2D eigenvalue weighted by Crippen LogP contribution is 2.25. The molecule has 0 saturated heterocycles.